The molecule has 2 N–H and O–H groups in total. The maximum Gasteiger partial charge on any atom is 0.236 e. The van der Waals surface area contributed by atoms with Crippen LogP contribution in [0.1, 0.15) is 11.1 Å². The van der Waals surface area contributed by atoms with Gasteiger partial charge in [0, 0.05) is 0 Å². The summed E-state index contributed by atoms with van der Waals surface area (Å²) in [4.78, 5) is 12.9. The van der Waals surface area contributed by atoms with E-state index < -0.39 is 0 Å². The topological polar surface area (TPSA) is 79.3 Å². The Hall–Kier alpha value is -2.06. The Morgan fingerprint density at radius 2 is 2.33 bits per heavy atom. The molecule has 0 saturated carbocycles. The fraction of sp³-hybridized carbons (Fsp3) is 0.385. The zero-order valence-corrected chi connectivity index (χ0v) is 10.2. The Bertz CT molecular complexity index is 501. The molecule has 0 spiro atoms. The van der Waals surface area contributed by atoms with Crippen LogP contribution >= 0.6 is 0 Å². The minimum atomic E-state index is -0.0580. The SMILES string of the molecule is Cc1ccc(C#N)cc1OC1CN(C(=O)CN)C1. The summed E-state index contributed by atoms with van der Waals surface area (Å²) in [6, 6.07) is 7.42. The molecule has 0 atom stereocenters. The van der Waals surface area contributed by atoms with Crippen molar-refractivity contribution in [2.75, 3.05) is 19.6 Å². The van der Waals surface area contributed by atoms with Gasteiger partial charge in [0.25, 0.3) is 0 Å². The van der Waals surface area contributed by atoms with Crippen LogP contribution in [-0.4, -0.2) is 36.5 Å². The van der Waals surface area contributed by atoms with Crippen LogP contribution in [0.25, 0.3) is 0 Å². The van der Waals surface area contributed by atoms with E-state index >= 15 is 0 Å². The van der Waals surface area contributed by atoms with Crippen LogP contribution in [0.15, 0.2) is 18.2 Å². The van der Waals surface area contributed by atoms with Crippen molar-refractivity contribution in [2.24, 2.45) is 5.73 Å². The van der Waals surface area contributed by atoms with Gasteiger partial charge < -0.3 is 15.4 Å². The molecule has 18 heavy (non-hydrogen) atoms. The van der Waals surface area contributed by atoms with Crippen LogP contribution in [0.2, 0.25) is 0 Å². The molecule has 1 fully saturated rings. The van der Waals surface area contributed by atoms with Crippen LogP contribution in [0.5, 0.6) is 5.75 Å². The largest absolute Gasteiger partial charge is 0.486 e. The first-order valence-corrected chi connectivity index (χ1v) is 5.79. The van der Waals surface area contributed by atoms with E-state index in [2.05, 4.69) is 6.07 Å². The Balaban J connectivity index is 1.96. The summed E-state index contributed by atoms with van der Waals surface area (Å²) in [5, 5.41) is 8.83. The summed E-state index contributed by atoms with van der Waals surface area (Å²) >= 11 is 0. The van der Waals surface area contributed by atoms with Crippen molar-refractivity contribution in [2.45, 2.75) is 13.0 Å². The second-order valence-corrected chi connectivity index (χ2v) is 4.33. The van der Waals surface area contributed by atoms with Crippen LogP contribution in [0.3, 0.4) is 0 Å². The fourth-order valence-corrected chi connectivity index (χ4v) is 1.82. The first-order valence-electron chi connectivity index (χ1n) is 5.79. The molecule has 1 aliphatic rings. The average Bonchev–Trinajstić information content (AvgIpc) is 2.34. The zero-order valence-electron chi connectivity index (χ0n) is 10.2. The first-order chi connectivity index (χ1) is 8.63. The van der Waals surface area contributed by atoms with Gasteiger partial charge in [-0.2, -0.15) is 5.26 Å². The van der Waals surface area contributed by atoms with E-state index in [1.807, 2.05) is 13.0 Å². The van der Waals surface area contributed by atoms with Crippen LogP contribution in [0.4, 0.5) is 0 Å². The molecule has 0 aliphatic carbocycles. The number of carbonyl (C=O) groups is 1. The third-order valence-corrected chi connectivity index (χ3v) is 2.99. The molecule has 94 valence electrons. The van der Waals surface area contributed by atoms with Crippen molar-refractivity contribution < 1.29 is 9.53 Å². The number of nitrogens with zero attached hydrogens (tertiary/aromatic N) is 2. The molecule has 2 rings (SSSR count). The monoisotopic (exact) mass is 245 g/mol. The molecule has 1 aliphatic heterocycles. The van der Waals surface area contributed by atoms with Gasteiger partial charge in [-0.05, 0) is 24.6 Å². The number of hydrogen-bond donors (Lipinski definition) is 1. The highest BCUT2D eigenvalue weighted by molar-refractivity contribution is 5.78. The number of nitriles is 1. The first kappa shape index (κ1) is 12.4. The molecule has 0 unspecified atom stereocenters. The predicted octanol–water partition coefficient (Wildman–Crippen LogP) is 0.415. The molecular formula is C13H15N3O2. The molecule has 1 saturated heterocycles. The molecular weight excluding hydrogens is 230 g/mol. The number of nitrogens with two attached hydrogens (primary N) is 1. The third kappa shape index (κ3) is 2.44. The standard InChI is InChI=1S/C13H15N3O2/c1-9-2-3-10(5-14)4-12(9)18-11-7-16(8-11)13(17)6-15/h2-4,11H,6-8,15H2,1H3. The second-order valence-electron chi connectivity index (χ2n) is 4.33. The molecule has 1 aromatic rings. The number of hydrogen-bond acceptors (Lipinski definition) is 4. The minimum Gasteiger partial charge on any atom is -0.486 e. The van der Waals surface area contributed by atoms with E-state index in [1.54, 1.807) is 17.0 Å². The molecule has 1 amide bonds. The molecule has 5 nitrogen and oxygen atoms in total. The van der Waals surface area contributed by atoms with Crippen LogP contribution in [-0.2, 0) is 4.79 Å². The van der Waals surface area contributed by atoms with E-state index in [0.717, 1.165) is 5.56 Å². The van der Waals surface area contributed by atoms with Crippen molar-refractivity contribution in [3.63, 3.8) is 0 Å². The lowest BCUT2D eigenvalue weighted by Gasteiger charge is -2.39. The van der Waals surface area contributed by atoms with E-state index in [-0.39, 0.29) is 18.6 Å². The van der Waals surface area contributed by atoms with E-state index in [0.29, 0.717) is 24.4 Å². The van der Waals surface area contributed by atoms with Crippen molar-refractivity contribution >= 4 is 5.91 Å². The number of rotatable bonds is 3. The van der Waals surface area contributed by atoms with Gasteiger partial charge in [-0.1, -0.05) is 6.07 Å². The molecule has 0 radical (unpaired) electrons. The fourth-order valence-electron chi connectivity index (χ4n) is 1.82. The Labute approximate surface area is 106 Å². The number of aryl methyl sites for hydroxylation is 1. The van der Waals surface area contributed by atoms with Gasteiger partial charge in [-0.15, -0.1) is 0 Å². The third-order valence-electron chi connectivity index (χ3n) is 2.99. The van der Waals surface area contributed by atoms with E-state index in [1.165, 1.54) is 0 Å². The van der Waals surface area contributed by atoms with E-state index in [4.69, 9.17) is 15.7 Å². The lowest BCUT2D eigenvalue weighted by Crippen LogP contribution is -2.57. The number of amides is 1. The molecule has 0 bridgehead atoms. The van der Waals surface area contributed by atoms with Gasteiger partial charge in [-0.3, -0.25) is 4.79 Å². The second kappa shape index (κ2) is 5.07. The predicted molar refractivity (Wildman–Crippen MR) is 65.9 cm³/mol. The summed E-state index contributed by atoms with van der Waals surface area (Å²) in [5.74, 6) is 0.649. The maximum atomic E-state index is 11.3. The molecule has 1 aromatic carbocycles. The summed E-state index contributed by atoms with van der Waals surface area (Å²) in [7, 11) is 0. The van der Waals surface area contributed by atoms with Gasteiger partial charge in [0.1, 0.15) is 11.9 Å². The average molecular weight is 245 g/mol. The highest BCUT2D eigenvalue weighted by Gasteiger charge is 2.31. The van der Waals surface area contributed by atoms with Crippen molar-refractivity contribution in [1.29, 1.82) is 5.26 Å². The zero-order chi connectivity index (χ0) is 13.1. The van der Waals surface area contributed by atoms with Crippen molar-refractivity contribution in [3.8, 4) is 11.8 Å². The number of benzene rings is 1. The highest BCUT2D eigenvalue weighted by atomic mass is 16.5. The van der Waals surface area contributed by atoms with Gasteiger partial charge in [-0.25, -0.2) is 0 Å². The van der Waals surface area contributed by atoms with Gasteiger partial charge >= 0.3 is 0 Å². The van der Waals surface area contributed by atoms with Crippen LogP contribution < -0.4 is 10.5 Å². The lowest BCUT2D eigenvalue weighted by atomic mass is 10.1. The summed E-state index contributed by atoms with van der Waals surface area (Å²) in [6.45, 7) is 3.09. The highest BCUT2D eigenvalue weighted by Crippen LogP contribution is 2.23. The quantitative estimate of drug-likeness (QED) is 0.836. The molecule has 0 aromatic heterocycles. The maximum absolute atomic E-state index is 11.3. The molecule has 1 heterocycles. The minimum absolute atomic E-state index is 0.00635. The lowest BCUT2D eigenvalue weighted by molar-refractivity contribution is -0.138. The Morgan fingerprint density at radius 1 is 1.61 bits per heavy atom. The van der Waals surface area contributed by atoms with Gasteiger partial charge in [0.15, 0.2) is 0 Å². The summed E-state index contributed by atoms with van der Waals surface area (Å²) < 4.78 is 5.76. The summed E-state index contributed by atoms with van der Waals surface area (Å²) in [5.41, 5.74) is 6.83. The Morgan fingerprint density at radius 3 is 2.94 bits per heavy atom. The smallest absolute Gasteiger partial charge is 0.236 e. The normalized spacial score (nSPS) is 14.8. The van der Waals surface area contributed by atoms with Gasteiger partial charge in [0.2, 0.25) is 5.91 Å². The van der Waals surface area contributed by atoms with Crippen molar-refractivity contribution in [3.05, 3.63) is 29.3 Å². The number of ether oxygens (including phenoxy) is 1. The summed E-state index contributed by atoms with van der Waals surface area (Å²) in [6.07, 6.45) is -0.00635. The van der Waals surface area contributed by atoms with Crippen molar-refractivity contribution in [1.82, 2.24) is 4.90 Å². The molecule has 5 heteroatoms. The van der Waals surface area contributed by atoms with E-state index in [9.17, 15) is 4.79 Å². The number of likely N-dealkylation sites (tertiary alicyclic amines) is 1. The van der Waals surface area contributed by atoms with Gasteiger partial charge in [0.05, 0.1) is 31.3 Å². The Kier molecular flexibility index (Phi) is 3.49. The number of carbonyl (C=O) groups excluding carboxylic acids is 1. The van der Waals surface area contributed by atoms with Crippen LogP contribution in [0, 0.1) is 18.3 Å².